The van der Waals surface area contributed by atoms with E-state index in [4.69, 9.17) is 0 Å². The van der Waals surface area contributed by atoms with Crippen LogP contribution < -0.4 is 5.69 Å². The van der Waals surface area contributed by atoms with Crippen LogP contribution in [0.4, 0.5) is 0 Å². The van der Waals surface area contributed by atoms with E-state index in [1.165, 1.54) is 4.40 Å². The highest BCUT2D eigenvalue weighted by Gasteiger charge is 2.13. The Hall–Kier alpha value is -1.17. The largest absolute Gasteiger partial charge is 0.349 e. The molecule has 5 nitrogen and oxygen atoms in total. The van der Waals surface area contributed by atoms with E-state index in [9.17, 15) is 4.79 Å². The summed E-state index contributed by atoms with van der Waals surface area (Å²) in [6, 6.07) is 1.85. The van der Waals surface area contributed by atoms with Crippen LogP contribution in [0.3, 0.4) is 0 Å². The van der Waals surface area contributed by atoms with Crippen LogP contribution in [0.2, 0.25) is 0 Å². The second kappa shape index (κ2) is 4.60. The molecule has 17 heavy (non-hydrogen) atoms. The number of H-pyrrole nitrogens is 1. The number of aryl methyl sites for hydroxylation is 1. The van der Waals surface area contributed by atoms with Gasteiger partial charge >= 0.3 is 5.69 Å². The molecule has 1 atom stereocenters. The van der Waals surface area contributed by atoms with Gasteiger partial charge in [0.2, 0.25) is 0 Å². The monoisotopic (exact) mass is 298 g/mol. The van der Waals surface area contributed by atoms with Gasteiger partial charge in [-0.3, -0.25) is 0 Å². The normalized spacial score (nSPS) is 13.5. The van der Waals surface area contributed by atoms with Gasteiger partial charge in [-0.1, -0.05) is 29.8 Å². The number of aromatic nitrogens is 4. The lowest BCUT2D eigenvalue weighted by molar-refractivity contribution is 0.606. The van der Waals surface area contributed by atoms with E-state index in [0.717, 1.165) is 12.1 Å². The number of hydrogen-bond donors (Lipinski definition) is 1. The molecule has 0 fully saturated rings. The molecule has 2 aromatic heterocycles. The third kappa shape index (κ3) is 2.41. The Morgan fingerprint density at radius 2 is 2.24 bits per heavy atom. The van der Waals surface area contributed by atoms with Gasteiger partial charge in [-0.2, -0.15) is 5.10 Å². The van der Waals surface area contributed by atoms with Crippen LogP contribution in [0.25, 0.3) is 5.65 Å². The van der Waals surface area contributed by atoms with Crippen molar-refractivity contribution >= 4 is 21.6 Å². The Morgan fingerprint density at radius 3 is 2.88 bits per heavy atom. The molecule has 92 valence electrons. The fraction of sp³-hybridized carbons (Fsp3) is 0.545. The first-order valence-corrected chi connectivity index (χ1v) is 6.48. The van der Waals surface area contributed by atoms with Crippen molar-refractivity contribution in [3.8, 4) is 0 Å². The van der Waals surface area contributed by atoms with Crippen molar-refractivity contribution in [2.24, 2.45) is 5.92 Å². The summed E-state index contributed by atoms with van der Waals surface area (Å²) in [5, 5.41) is 6.39. The van der Waals surface area contributed by atoms with E-state index in [2.05, 4.69) is 45.0 Å². The highest BCUT2D eigenvalue weighted by atomic mass is 79.9. The van der Waals surface area contributed by atoms with Gasteiger partial charge in [0.15, 0.2) is 5.65 Å². The predicted molar refractivity (Wildman–Crippen MR) is 69.6 cm³/mol. The molecular weight excluding hydrogens is 284 g/mol. The lowest BCUT2D eigenvalue weighted by Crippen LogP contribution is -2.16. The molecule has 0 aliphatic rings. The standard InChI is InChI=1S/C11H15BrN4O/c1-6(2)9(12)4-8-5-10-14-15-11(17)16(10)7(3)13-8/h5-6,9H,4H2,1-3H3,(H,15,17). The zero-order chi connectivity index (χ0) is 12.6. The van der Waals surface area contributed by atoms with Gasteiger partial charge in [-0.25, -0.2) is 19.3 Å². The van der Waals surface area contributed by atoms with Gasteiger partial charge in [0.1, 0.15) is 5.82 Å². The van der Waals surface area contributed by atoms with Gasteiger partial charge in [-0.15, -0.1) is 0 Å². The molecule has 2 aromatic rings. The minimum Gasteiger partial charge on any atom is -0.246 e. The number of alkyl halides is 1. The summed E-state index contributed by atoms with van der Waals surface area (Å²) in [6.07, 6.45) is 0.829. The molecule has 0 radical (unpaired) electrons. The van der Waals surface area contributed by atoms with Crippen molar-refractivity contribution in [1.82, 2.24) is 19.6 Å². The van der Waals surface area contributed by atoms with Crippen LogP contribution in [0.5, 0.6) is 0 Å². The summed E-state index contributed by atoms with van der Waals surface area (Å²) >= 11 is 3.64. The summed E-state index contributed by atoms with van der Waals surface area (Å²) in [5.74, 6) is 1.20. The minimum atomic E-state index is -0.240. The Kier molecular flexibility index (Phi) is 3.33. The van der Waals surface area contributed by atoms with Gasteiger partial charge in [0.05, 0.1) is 0 Å². The van der Waals surface area contributed by atoms with Crippen molar-refractivity contribution in [2.45, 2.75) is 32.0 Å². The minimum absolute atomic E-state index is 0.240. The highest BCUT2D eigenvalue weighted by molar-refractivity contribution is 9.09. The van der Waals surface area contributed by atoms with E-state index in [-0.39, 0.29) is 5.69 Å². The SMILES string of the molecule is Cc1nc(CC(Br)C(C)C)cc2n[nH]c(=O)n12. The first-order valence-electron chi connectivity index (χ1n) is 5.56. The van der Waals surface area contributed by atoms with E-state index in [1.807, 2.05) is 13.0 Å². The molecule has 0 aromatic carbocycles. The number of hydrogen-bond acceptors (Lipinski definition) is 3. The van der Waals surface area contributed by atoms with Crippen LogP contribution in [0, 0.1) is 12.8 Å². The van der Waals surface area contributed by atoms with Crippen LogP contribution in [0.1, 0.15) is 25.4 Å². The highest BCUT2D eigenvalue weighted by Crippen LogP contribution is 2.17. The quantitative estimate of drug-likeness (QED) is 0.877. The number of nitrogens with one attached hydrogen (secondary N) is 1. The molecule has 1 unspecified atom stereocenters. The lowest BCUT2D eigenvalue weighted by Gasteiger charge is -2.13. The zero-order valence-corrected chi connectivity index (χ0v) is 11.7. The van der Waals surface area contributed by atoms with E-state index < -0.39 is 0 Å². The van der Waals surface area contributed by atoms with Crippen LogP contribution in [0.15, 0.2) is 10.9 Å². The molecule has 0 saturated carbocycles. The van der Waals surface area contributed by atoms with Crippen molar-refractivity contribution in [1.29, 1.82) is 0 Å². The third-order valence-corrected chi connectivity index (χ3v) is 4.13. The first-order chi connectivity index (χ1) is 7.99. The molecule has 0 aliphatic carbocycles. The summed E-state index contributed by atoms with van der Waals surface area (Å²) < 4.78 is 1.47. The molecule has 2 heterocycles. The molecule has 6 heteroatoms. The zero-order valence-electron chi connectivity index (χ0n) is 10.1. The number of nitrogens with zero attached hydrogens (tertiary/aromatic N) is 3. The van der Waals surface area contributed by atoms with Gasteiger partial charge in [0.25, 0.3) is 0 Å². The Morgan fingerprint density at radius 1 is 1.53 bits per heavy atom. The fourth-order valence-electron chi connectivity index (χ4n) is 1.70. The van der Waals surface area contributed by atoms with Crippen molar-refractivity contribution in [3.63, 3.8) is 0 Å². The average Bonchev–Trinajstić information content (AvgIpc) is 2.60. The maximum absolute atomic E-state index is 11.4. The van der Waals surface area contributed by atoms with Crippen molar-refractivity contribution < 1.29 is 0 Å². The van der Waals surface area contributed by atoms with E-state index in [1.54, 1.807) is 0 Å². The Labute approximate surface area is 107 Å². The number of rotatable bonds is 3. The molecule has 0 saturated heterocycles. The molecule has 0 bridgehead atoms. The van der Waals surface area contributed by atoms with E-state index >= 15 is 0 Å². The topological polar surface area (TPSA) is 63.0 Å². The molecule has 0 aliphatic heterocycles. The molecule has 0 amide bonds. The van der Waals surface area contributed by atoms with Crippen LogP contribution >= 0.6 is 15.9 Å². The average molecular weight is 299 g/mol. The van der Waals surface area contributed by atoms with Gasteiger partial charge < -0.3 is 0 Å². The maximum Gasteiger partial charge on any atom is 0.349 e. The summed E-state index contributed by atoms with van der Waals surface area (Å²) in [6.45, 7) is 6.12. The van der Waals surface area contributed by atoms with E-state index in [0.29, 0.717) is 22.2 Å². The lowest BCUT2D eigenvalue weighted by atomic mass is 10.1. The maximum atomic E-state index is 11.4. The fourth-order valence-corrected chi connectivity index (χ4v) is 2.03. The van der Waals surface area contributed by atoms with Crippen molar-refractivity contribution in [3.05, 3.63) is 28.1 Å². The van der Waals surface area contributed by atoms with Gasteiger partial charge in [-0.05, 0) is 12.8 Å². The number of aromatic amines is 1. The Balaban J connectivity index is 2.41. The predicted octanol–water partition coefficient (Wildman–Crippen LogP) is 1.69. The summed E-state index contributed by atoms with van der Waals surface area (Å²) in [5.41, 5.74) is 1.33. The summed E-state index contributed by atoms with van der Waals surface area (Å²) in [7, 11) is 0. The Bertz CT molecular complexity index is 587. The molecular formula is C11H15BrN4O. The molecule has 0 spiro atoms. The second-order valence-electron chi connectivity index (χ2n) is 4.48. The third-order valence-electron chi connectivity index (χ3n) is 2.75. The number of fused-ring (bicyclic) bond motifs is 1. The first kappa shape index (κ1) is 12.3. The number of halogens is 1. The second-order valence-corrected chi connectivity index (χ2v) is 5.66. The molecule has 2 rings (SSSR count). The molecule has 1 N–H and O–H groups in total. The summed E-state index contributed by atoms with van der Waals surface area (Å²) in [4.78, 5) is 16.2. The smallest absolute Gasteiger partial charge is 0.246 e. The van der Waals surface area contributed by atoms with Crippen molar-refractivity contribution in [2.75, 3.05) is 0 Å². The van der Waals surface area contributed by atoms with Gasteiger partial charge in [0, 0.05) is 23.0 Å². The van der Waals surface area contributed by atoms with Crippen LogP contribution in [-0.4, -0.2) is 24.4 Å². The van der Waals surface area contributed by atoms with Crippen LogP contribution in [-0.2, 0) is 6.42 Å².